The highest BCUT2D eigenvalue weighted by molar-refractivity contribution is 6.30. The highest BCUT2D eigenvalue weighted by Gasteiger charge is 2.55. The Morgan fingerprint density at radius 2 is 1.57 bits per heavy atom. The molecule has 0 amide bonds. The number of halogens is 1. The van der Waals surface area contributed by atoms with Crippen LogP contribution in [0.3, 0.4) is 0 Å². The van der Waals surface area contributed by atoms with E-state index < -0.39 is 11.5 Å². The highest BCUT2D eigenvalue weighted by atomic mass is 35.5. The molecule has 0 saturated carbocycles. The average molecular weight is 483 g/mol. The summed E-state index contributed by atoms with van der Waals surface area (Å²) in [6, 6.07) is 31.7. The van der Waals surface area contributed by atoms with E-state index in [1.807, 2.05) is 60.7 Å². The number of hydrogen-bond donors (Lipinski definition) is 0. The number of ether oxygens (including phenoxy) is 2. The Labute approximate surface area is 209 Å². The molecule has 5 heteroatoms. The zero-order valence-electron chi connectivity index (χ0n) is 18.9. The van der Waals surface area contributed by atoms with E-state index in [0.29, 0.717) is 34.3 Å². The first-order chi connectivity index (χ1) is 17.1. The molecule has 1 heterocycles. The molecule has 0 aromatic heterocycles. The van der Waals surface area contributed by atoms with Crippen LogP contribution < -0.4 is 9.47 Å². The lowest BCUT2D eigenvalue weighted by Crippen LogP contribution is -2.43. The van der Waals surface area contributed by atoms with Gasteiger partial charge in [-0.25, -0.2) is 0 Å². The van der Waals surface area contributed by atoms with Crippen LogP contribution in [0.1, 0.15) is 39.4 Å². The van der Waals surface area contributed by atoms with Crippen molar-refractivity contribution in [2.24, 2.45) is 0 Å². The number of aldehydes is 1. The maximum atomic E-state index is 14.1. The minimum atomic E-state index is -1.41. The van der Waals surface area contributed by atoms with Crippen LogP contribution in [-0.4, -0.2) is 12.1 Å². The molecule has 0 radical (unpaired) electrons. The van der Waals surface area contributed by atoms with Crippen molar-refractivity contribution in [1.29, 1.82) is 0 Å². The standard InChI is InChI=1S/C30H23ClO4/c31-24-13-11-23(12-14-24)30(27(17-18-32)22-9-5-2-6-10-22)29(33)26-16-15-25(19-28(26)35-30)34-20-21-7-3-1-4-8-21/h1-16,18-19,27H,17,20H2. The summed E-state index contributed by atoms with van der Waals surface area (Å²) in [6.07, 6.45) is 0.951. The summed E-state index contributed by atoms with van der Waals surface area (Å²) in [5, 5.41) is 0.551. The number of rotatable bonds is 8. The van der Waals surface area contributed by atoms with Crippen molar-refractivity contribution in [3.05, 3.63) is 130 Å². The van der Waals surface area contributed by atoms with Crippen LogP contribution in [0.4, 0.5) is 0 Å². The van der Waals surface area contributed by atoms with Crippen LogP contribution in [0.5, 0.6) is 11.5 Å². The van der Waals surface area contributed by atoms with E-state index >= 15 is 0 Å². The molecule has 5 rings (SSSR count). The molecule has 1 aliphatic heterocycles. The van der Waals surface area contributed by atoms with E-state index in [0.717, 1.165) is 17.4 Å². The van der Waals surface area contributed by atoms with Gasteiger partial charge in [0.15, 0.2) is 0 Å². The van der Waals surface area contributed by atoms with Crippen molar-refractivity contribution in [2.45, 2.75) is 24.5 Å². The van der Waals surface area contributed by atoms with E-state index in [2.05, 4.69) is 0 Å². The van der Waals surface area contributed by atoms with Crippen LogP contribution >= 0.6 is 11.6 Å². The van der Waals surface area contributed by atoms with Crippen molar-refractivity contribution < 1.29 is 19.1 Å². The number of carbonyl (C=O) groups is 2. The maximum Gasteiger partial charge on any atom is 0.215 e. The molecule has 0 spiro atoms. The molecule has 1 aliphatic rings. The second kappa shape index (κ2) is 9.77. The number of Topliss-reactive ketones (excluding diaryl/α,β-unsaturated/α-hetero) is 1. The maximum absolute atomic E-state index is 14.1. The summed E-state index contributed by atoms with van der Waals surface area (Å²) in [5.41, 5.74) is 1.57. The topological polar surface area (TPSA) is 52.6 Å². The monoisotopic (exact) mass is 482 g/mol. The van der Waals surface area contributed by atoms with Gasteiger partial charge in [0, 0.05) is 29.0 Å². The Morgan fingerprint density at radius 1 is 0.886 bits per heavy atom. The van der Waals surface area contributed by atoms with Crippen LogP contribution in [0.2, 0.25) is 5.02 Å². The number of carbonyl (C=O) groups excluding carboxylic acids is 2. The van der Waals surface area contributed by atoms with Crippen molar-refractivity contribution in [2.75, 3.05) is 0 Å². The first-order valence-electron chi connectivity index (χ1n) is 11.4. The van der Waals surface area contributed by atoms with Gasteiger partial charge < -0.3 is 14.3 Å². The predicted molar refractivity (Wildman–Crippen MR) is 135 cm³/mol. The lowest BCUT2D eigenvalue weighted by atomic mass is 9.72. The molecular formula is C30H23ClO4. The first kappa shape index (κ1) is 22.9. The molecule has 174 valence electrons. The zero-order valence-corrected chi connectivity index (χ0v) is 19.7. The van der Waals surface area contributed by atoms with Gasteiger partial charge in [-0.3, -0.25) is 4.79 Å². The fourth-order valence-electron chi connectivity index (χ4n) is 4.66. The van der Waals surface area contributed by atoms with Gasteiger partial charge in [-0.1, -0.05) is 84.4 Å². The van der Waals surface area contributed by atoms with E-state index in [9.17, 15) is 9.59 Å². The van der Waals surface area contributed by atoms with Gasteiger partial charge in [0.1, 0.15) is 24.4 Å². The fraction of sp³-hybridized carbons (Fsp3) is 0.133. The summed E-state index contributed by atoms with van der Waals surface area (Å²) in [7, 11) is 0. The molecule has 0 N–H and O–H groups in total. The molecule has 4 aromatic carbocycles. The largest absolute Gasteiger partial charge is 0.489 e. The molecule has 4 nitrogen and oxygen atoms in total. The molecule has 2 unspecified atom stereocenters. The third-order valence-corrected chi connectivity index (χ3v) is 6.60. The lowest BCUT2D eigenvalue weighted by molar-refractivity contribution is -0.109. The highest BCUT2D eigenvalue weighted by Crippen LogP contribution is 2.51. The summed E-state index contributed by atoms with van der Waals surface area (Å²) in [6.45, 7) is 0.397. The Hall–Kier alpha value is -3.89. The minimum absolute atomic E-state index is 0.115. The zero-order chi connectivity index (χ0) is 24.3. The van der Waals surface area contributed by atoms with Crippen molar-refractivity contribution in [3.8, 4) is 11.5 Å². The van der Waals surface area contributed by atoms with Gasteiger partial charge in [0.2, 0.25) is 11.4 Å². The molecule has 2 atom stereocenters. The van der Waals surface area contributed by atoms with Gasteiger partial charge in [-0.15, -0.1) is 0 Å². The Morgan fingerprint density at radius 3 is 2.26 bits per heavy atom. The van der Waals surface area contributed by atoms with Gasteiger partial charge in [-0.2, -0.15) is 0 Å². The van der Waals surface area contributed by atoms with E-state index in [4.69, 9.17) is 21.1 Å². The van der Waals surface area contributed by atoms with E-state index in [1.54, 1.807) is 42.5 Å². The van der Waals surface area contributed by atoms with Crippen LogP contribution in [-0.2, 0) is 17.0 Å². The number of fused-ring (bicyclic) bond motifs is 1. The SMILES string of the molecule is O=CCC(c1ccccc1)C1(c2ccc(Cl)cc2)Oc2cc(OCc3ccccc3)ccc2C1=O. The van der Waals surface area contributed by atoms with Gasteiger partial charge in [0.25, 0.3) is 0 Å². The molecule has 0 bridgehead atoms. The normalized spacial score (nSPS) is 17.3. The third-order valence-electron chi connectivity index (χ3n) is 6.35. The van der Waals surface area contributed by atoms with Crippen LogP contribution in [0, 0.1) is 0 Å². The molecule has 0 aliphatic carbocycles. The summed E-state index contributed by atoms with van der Waals surface area (Å²) >= 11 is 6.15. The van der Waals surface area contributed by atoms with Gasteiger partial charge in [0.05, 0.1) is 5.56 Å². The number of ketones is 1. The van der Waals surface area contributed by atoms with Crippen molar-refractivity contribution >= 4 is 23.7 Å². The predicted octanol–water partition coefficient (Wildman–Crippen LogP) is 6.76. The van der Waals surface area contributed by atoms with Crippen molar-refractivity contribution in [1.82, 2.24) is 0 Å². The number of benzene rings is 4. The molecule has 35 heavy (non-hydrogen) atoms. The Kier molecular flexibility index (Phi) is 6.39. The second-order valence-corrected chi connectivity index (χ2v) is 8.91. The Bertz CT molecular complexity index is 1340. The molecular weight excluding hydrogens is 460 g/mol. The average Bonchev–Trinajstić information content (AvgIpc) is 3.19. The van der Waals surface area contributed by atoms with E-state index in [1.165, 1.54) is 0 Å². The first-order valence-corrected chi connectivity index (χ1v) is 11.8. The van der Waals surface area contributed by atoms with Crippen molar-refractivity contribution in [3.63, 3.8) is 0 Å². The third kappa shape index (κ3) is 4.33. The van der Waals surface area contributed by atoms with Crippen LogP contribution in [0.15, 0.2) is 103 Å². The fourth-order valence-corrected chi connectivity index (χ4v) is 4.79. The smallest absolute Gasteiger partial charge is 0.215 e. The molecule has 0 saturated heterocycles. The van der Waals surface area contributed by atoms with Gasteiger partial charge >= 0.3 is 0 Å². The number of hydrogen-bond acceptors (Lipinski definition) is 4. The van der Waals surface area contributed by atoms with E-state index in [-0.39, 0.29) is 12.2 Å². The summed E-state index contributed by atoms with van der Waals surface area (Å²) in [4.78, 5) is 25.9. The molecule has 4 aromatic rings. The Balaban J connectivity index is 1.56. The second-order valence-electron chi connectivity index (χ2n) is 8.47. The summed E-state index contributed by atoms with van der Waals surface area (Å²) in [5.74, 6) is 0.303. The lowest BCUT2D eigenvalue weighted by Gasteiger charge is -2.35. The summed E-state index contributed by atoms with van der Waals surface area (Å²) < 4.78 is 12.5. The minimum Gasteiger partial charge on any atom is -0.489 e. The van der Waals surface area contributed by atoms with Crippen LogP contribution in [0.25, 0.3) is 0 Å². The molecule has 0 fully saturated rings. The quantitative estimate of drug-likeness (QED) is 0.260. The van der Waals surface area contributed by atoms with Gasteiger partial charge in [-0.05, 0) is 35.4 Å².